The maximum absolute atomic E-state index is 13.5. The predicted molar refractivity (Wildman–Crippen MR) is 196 cm³/mol. The van der Waals surface area contributed by atoms with Gasteiger partial charge in [0, 0.05) is 36.1 Å². The summed E-state index contributed by atoms with van der Waals surface area (Å²) in [6, 6.07) is 31.5. The predicted octanol–water partition coefficient (Wildman–Crippen LogP) is 7.38. The Kier molecular flexibility index (Phi) is 9.94. The number of Topliss-reactive ketones (excluding diaryl/α,β-unsaturated/α-hetero) is 1. The fourth-order valence-electron chi connectivity index (χ4n) is 7.14. The van der Waals surface area contributed by atoms with E-state index in [9.17, 15) is 19.2 Å². The van der Waals surface area contributed by atoms with Crippen molar-refractivity contribution in [1.29, 1.82) is 0 Å². The lowest BCUT2D eigenvalue weighted by molar-refractivity contribution is -0.136. The van der Waals surface area contributed by atoms with Crippen LogP contribution in [0.3, 0.4) is 0 Å². The SMILES string of the molecule is O=C(Cc1ccc2oc(-c3ccc(NC(=O)[C@@H]4CCCN4C(=O)Cc4ccccc4)cc3)c(Br)c2c1)[C@@H]1CCCN1C(=O)Cc1ccccc1. The Morgan fingerprint density at radius 2 is 1.26 bits per heavy atom. The largest absolute Gasteiger partial charge is 0.455 e. The first-order chi connectivity index (χ1) is 24.3. The highest BCUT2D eigenvalue weighted by molar-refractivity contribution is 9.10. The molecule has 2 saturated heterocycles. The van der Waals surface area contributed by atoms with Crippen molar-refractivity contribution in [2.45, 2.75) is 57.0 Å². The molecule has 1 N–H and O–H groups in total. The molecule has 1 aromatic heterocycles. The summed E-state index contributed by atoms with van der Waals surface area (Å²) in [5, 5.41) is 3.85. The number of furan rings is 1. The van der Waals surface area contributed by atoms with Gasteiger partial charge in [-0.05, 0) is 94.7 Å². The lowest BCUT2D eigenvalue weighted by Gasteiger charge is -2.24. The van der Waals surface area contributed by atoms with Crippen molar-refractivity contribution in [1.82, 2.24) is 9.80 Å². The van der Waals surface area contributed by atoms with Crippen molar-refractivity contribution in [3.63, 3.8) is 0 Å². The molecule has 0 saturated carbocycles. The minimum Gasteiger partial charge on any atom is -0.455 e. The topological polar surface area (TPSA) is 99.9 Å². The molecule has 0 radical (unpaired) electrons. The zero-order chi connectivity index (χ0) is 34.6. The number of nitrogens with zero attached hydrogens (tertiary/aromatic N) is 2. The number of carbonyl (C=O) groups excluding carboxylic acids is 4. The molecule has 3 amide bonds. The smallest absolute Gasteiger partial charge is 0.247 e. The fraction of sp³-hybridized carbons (Fsp3) is 0.268. The van der Waals surface area contributed by atoms with Gasteiger partial charge in [0.1, 0.15) is 17.4 Å². The summed E-state index contributed by atoms with van der Waals surface area (Å²) in [6.45, 7) is 1.18. The van der Waals surface area contributed by atoms with E-state index < -0.39 is 12.1 Å². The van der Waals surface area contributed by atoms with Crippen molar-refractivity contribution >= 4 is 56.1 Å². The number of hydrogen-bond acceptors (Lipinski definition) is 5. The van der Waals surface area contributed by atoms with Crippen LogP contribution >= 0.6 is 15.9 Å². The average molecular weight is 733 g/mol. The number of anilines is 1. The highest BCUT2D eigenvalue weighted by Crippen LogP contribution is 2.39. The molecule has 254 valence electrons. The van der Waals surface area contributed by atoms with Gasteiger partial charge in [0.25, 0.3) is 0 Å². The van der Waals surface area contributed by atoms with E-state index in [2.05, 4.69) is 21.2 Å². The van der Waals surface area contributed by atoms with Crippen molar-refractivity contribution in [2.24, 2.45) is 0 Å². The average Bonchev–Trinajstić information content (AvgIpc) is 3.89. The molecule has 5 aromatic rings. The van der Waals surface area contributed by atoms with Crippen molar-refractivity contribution in [3.8, 4) is 11.3 Å². The van der Waals surface area contributed by atoms with E-state index in [0.717, 1.165) is 45.0 Å². The van der Waals surface area contributed by atoms with E-state index in [1.807, 2.05) is 103 Å². The van der Waals surface area contributed by atoms with Gasteiger partial charge in [-0.3, -0.25) is 19.2 Å². The van der Waals surface area contributed by atoms with E-state index in [-0.39, 0.29) is 36.3 Å². The molecule has 2 aliphatic rings. The first kappa shape index (κ1) is 33.5. The number of fused-ring (bicyclic) bond motifs is 1. The van der Waals surface area contributed by atoms with Crippen LogP contribution in [0.4, 0.5) is 5.69 Å². The molecule has 4 aromatic carbocycles. The van der Waals surface area contributed by atoms with E-state index in [1.165, 1.54) is 0 Å². The summed E-state index contributed by atoms with van der Waals surface area (Å²) in [5.74, 6) is 0.445. The standard InChI is InChI=1S/C41H38BrN3O5/c42-39-32-23-29(24-35(46)33-13-7-21-44(33)37(47)25-27-9-3-1-4-10-27)15-20-36(32)50-40(39)30-16-18-31(19-17-30)43-41(49)34-14-8-22-45(34)38(48)26-28-11-5-2-6-12-28/h1-6,9-12,15-20,23,33-34H,7-8,13-14,21-22,24-26H2,(H,43,49)/t33-,34-/m0/s1. The molecule has 0 spiro atoms. The zero-order valence-electron chi connectivity index (χ0n) is 27.6. The summed E-state index contributed by atoms with van der Waals surface area (Å²) in [4.78, 5) is 56.3. The second-order valence-corrected chi connectivity index (χ2v) is 13.9. The molecule has 8 nitrogen and oxygen atoms in total. The number of amides is 3. The molecule has 0 unspecified atom stereocenters. The number of halogens is 1. The number of likely N-dealkylation sites (tertiary alicyclic amines) is 2. The second-order valence-electron chi connectivity index (χ2n) is 13.1. The first-order valence-corrected chi connectivity index (χ1v) is 17.9. The van der Waals surface area contributed by atoms with Crippen molar-refractivity contribution in [2.75, 3.05) is 18.4 Å². The monoisotopic (exact) mass is 731 g/mol. The summed E-state index contributed by atoms with van der Waals surface area (Å²) >= 11 is 3.72. The van der Waals surface area contributed by atoms with Crippen molar-refractivity contribution in [3.05, 3.63) is 124 Å². The van der Waals surface area contributed by atoms with Crippen LogP contribution in [0.2, 0.25) is 0 Å². The third-order valence-electron chi connectivity index (χ3n) is 9.70. The van der Waals surface area contributed by atoms with E-state index >= 15 is 0 Å². The number of carbonyl (C=O) groups is 4. The number of benzene rings is 4. The minimum absolute atomic E-state index is 0.00949. The Labute approximate surface area is 299 Å². The third-order valence-corrected chi connectivity index (χ3v) is 10.5. The maximum atomic E-state index is 13.5. The molecule has 50 heavy (non-hydrogen) atoms. The third kappa shape index (κ3) is 7.28. The van der Waals surface area contributed by atoms with Crippen LogP contribution in [0.25, 0.3) is 22.3 Å². The number of nitrogens with one attached hydrogen (secondary N) is 1. The molecule has 2 atom stereocenters. The molecule has 0 bridgehead atoms. The van der Waals surface area contributed by atoms with Gasteiger partial charge < -0.3 is 19.5 Å². The molecule has 0 aliphatic carbocycles. The lowest BCUT2D eigenvalue weighted by atomic mass is 10.0. The minimum atomic E-state index is -0.497. The highest BCUT2D eigenvalue weighted by atomic mass is 79.9. The van der Waals surface area contributed by atoms with Crippen LogP contribution in [0.5, 0.6) is 0 Å². The normalized spacial score (nSPS) is 17.3. The molecule has 2 fully saturated rings. The Balaban J connectivity index is 0.991. The fourth-order valence-corrected chi connectivity index (χ4v) is 7.76. The summed E-state index contributed by atoms with van der Waals surface area (Å²) in [6.07, 6.45) is 3.73. The Bertz CT molecular complexity index is 2030. The number of ketones is 1. The van der Waals surface area contributed by atoms with Crippen LogP contribution in [0.15, 0.2) is 112 Å². The van der Waals surface area contributed by atoms with E-state index in [1.54, 1.807) is 9.80 Å². The van der Waals surface area contributed by atoms with Crippen LogP contribution in [-0.2, 0) is 38.4 Å². The van der Waals surface area contributed by atoms with Gasteiger partial charge in [-0.25, -0.2) is 0 Å². The van der Waals surface area contributed by atoms with Gasteiger partial charge >= 0.3 is 0 Å². The van der Waals surface area contributed by atoms with Gasteiger partial charge in [0.15, 0.2) is 5.78 Å². The zero-order valence-corrected chi connectivity index (χ0v) is 29.2. The lowest BCUT2D eigenvalue weighted by Crippen LogP contribution is -2.43. The Hall–Kier alpha value is -5.02. The van der Waals surface area contributed by atoms with Gasteiger partial charge in [-0.1, -0.05) is 66.7 Å². The molecule has 3 heterocycles. The molecular formula is C41H38BrN3O5. The van der Waals surface area contributed by atoms with Crippen LogP contribution in [0.1, 0.15) is 42.4 Å². The number of rotatable bonds is 10. The van der Waals surface area contributed by atoms with Crippen LogP contribution in [-0.4, -0.2) is 58.5 Å². The summed E-state index contributed by atoms with van der Waals surface area (Å²) < 4.78 is 7.00. The number of hydrogen-bond donors (Lipinski definition) is 1. The second kappa shape index (κ2) is 14.8. The Morgan fingerprint density at radius 3 is 1.88 bits per heavy atom. The van der Waals surface area contributed by atoms with Crippen LogP contribution in [0, 0.1) is 0 Å². The van der Waals surface area contributed by atoms with Gasteiger partial charge in [-0.15, -0.1) is 0 Å². The van der Waals surface area contributed by atoms with Gasteiger partial charge in [0.2, 0.25) is 17.7 Å². The molecule has 7 rings (SSSR count). The highest BCUT2D eigenvalue weighted by Gasteiger charge is 2.35. The first-order valence-electron chi connectivity index (χ1n) is 17.2. The molecular weight excluding hydrogens is 694 g/mol. The van der Waals surface area contributed by atoms with Crippen molar-refractivity contribution < 1.29 is 23.6 Å². The molecule has 2 aliphatic heterocycles. The summed E-state index contributed by atoms with van der Waals surface area (Å²) in [7, 11) is 0. The van der Waals surface area contributed by atoms with Gasteiger partial charge in [0.05, 0.1) is 23.4 Å². The van der Waals surface area contributed by atoms with Crippen LogP contribution < -0.4 is 5.32 Å². The maximum Gasteiger partial charge on any atom is 0.247 e. The van der Waals surface area contributed by atoms with E-state index in [4.69, 9.17) is 4.42 Å². The molecule has 9 heteroatoms. The Morgan fingerprint density at radius 1 is 0.680 bits per heavy atom. The summed E-state index contributed by atoms with van der Waals surface area (Å²) in [5.41, 5.74) is 4.88. The van der Waals surface area contributed by atoms with E-state index in [0.29, 0.717) is 49.4 Å². The quantitative estimate of drug-likeness (QED) is 0.162. The van der Waals surface area contributed by atoms with Gasteiger partial charge in [-0.2, -0.15) is 0 Å².